The molecule has 1 heterocycles. The molecule has 0 saturated carbocycles. The zero-order valence-electron chi connectivity index (χ0n) is 9.78. The molecule has 1 aromatic carbocycles. The van der Waals surface area contributed by atoms with Gasteiger partial charge in [0.15, 0.2) is 0 Å². The van der Waals surface area contributed by atoms with E-state index < -0.39 is 11.7 Å². The largest absolute Gasteiger partial charge is 0.416 e. The lowest BCUT2D eigenvalue weighted by atomic mass is 10.1. The highest BCUT2D eigenvalue weighted by Crippen LogP contribution is 2.29. The minimum Gasteiger partial charge on any atom is -0.396 e. The third-order valence-corrected chi connectivity index (χ3v) is 2.40. The second kappa shape index (κ2) is 5.13. The van der Waals surface area contributed by atoms with E-state index in [4.69, 9.17) is 5.73 Å². The van der Waals surface area contributed by atoms with E-state index in [0.717, 1.165) is 12.1 Å². The summed E-state index contributed by atoms with van der Waals surface area (Å²) in [4.78, 5) is 7.85. The number of rotatable bonds is 3. The highest BCUT2D eigenvalue weighted by Gasteiger charge is 2.29. The number of aromatic nitrogens is 2. The summed E-state index contributed by atoms with van der Waals surface area (Å²) in [6.45, 7) is 0.335. The van der Waals surface area contributed by atoms with Crippen LogP contribution in [-0.4, -0.2) is 9.97 Å². The van der Waals surface area contributed by atoms with Crippen molar-refractivity contribution in [3.05, 3.63) is 47.8 Å². The minimum atomic E-state index is -4.31. The van der Waals surface area contributed by atoms with E-state index in [0.29, 0.717) is 23.7 Å². The highest BCUT2D eigenvalue weighted by atomic mass is 19.4. The smallest absolute Gasteiger partial charge is 0.396 e. The van der Waals surface area contributed by atoms with Gasteiger partial charge in [0.2, 0.25) is 5.95 Å². The molecule has 0 aliphatic rings. The molecule has 0 unspecified atom stereocenters. The van der Waals surface area contributed by atoms with Crippen molar-refractivity contribution in [1.29, 1.82) is 0 Å². The maximum absolute atomic E-state index is 12.4. The average Bonchev–Trinajstić information content (AvgIpc) is 2.37. The van der Waals surface area contributed by atoms with Gasteiger partial charge in [-0.3, -0.25) is 0 Å². The molecule has 0 aliphatic carbocycles. The zero-order valence-corrected chi connectivity index (χ0v) is 9.78. The normalized spacial score (nSPS) is 11.3. The van der Waals surface area contributed by atoms with Gasteiger partial charge in [-0.1, -0.05) is 12.1 Å². The van der Waals surface area contributed by atoms with Gasteiger partial charge >= 0.3 is 6.18 Å². The average molecular weight is 268 g/mol. The maximum atomic E-state index is 12.4. The van der Waals surface area contributed by atoms with Gasteiger partial charge < -0.3 is 11.1 Å². The number of nitrogen functional groups attached to an aromatic ring is 1. The third-order valence-electron chi connectivity index (χ3n) is 2.40. The fourth-order valence-electron chi connectivity index (χ4n) is 1.42. The van der Waals surface area contributed by atoms with E-state index in [-0.39, 0.29) is 0 Å². The van der Waals surface area contributed by atoms with Crippen molar-refractivity contribution >= 4 is 11.6 Å². The Bertz CT molecular complexity index is 534. The molecule has 7 heteroatoms. The van der Waals surface area contributed by atoms with Gasteiger partial charge in [-0.25, -0.2) is 9.97 Å². The first-order valence-electron chi connectivity index (χ1n) is 5.43. The Labute approximate surface area is 107 Å². The molecule has 100 valence electrons. The molecule has 0 saturated heterocycles. The Hall–Kier alpha value is -2.31. The van der Waals surface area contributed by atoms with Gasteiger partial charge in [0.1, 0.15) is 0 Å². The Morgan fingerprint density at radius 2 is 1.63 bits per heavy atom. The Morgan fingerprint density at radius 3 is 2.16 bits per heavy atom. The van der Waals surface area contributed by atoms with Crippen molar-refractivity contribution in [2.45, 2.75) is 12.7 Å². The minimum absolute atomic E-state index is 0.335. The summed E-state index contributed by atoms with van der Waals surface area (Å²) in [5.41, 5.74) is 5.91. The Balaban J connectivity index is 1.98. The summed E-state index contributed by atoms with van der Waals surface area (Å²) < 4.78 is 37.1. The first-order chi connectivity index (χ1) is 8.95. The topological polar surface area (TPSA) is 63.8 Å². The van der Waals surface area contributed by atoms with Crippen molar-refractivity contribution in [2.75, 3.05) is 11.1 Å². The fourth-order valence-corrected chi connectivity index (χ4v) is 1.42. The van der Waals surface area contributed by atoms with E-state index in [1.807, 2.05) is 0 Å². The van der Waals surface area contributed by atoms with Crippen LogP contribution in [0, 0.1) is 0 Å². The summed E-state index contributed by atoms with van der Waals surface area (Å²) in [6.07, 6.45) is -1.42. The zero-order chi connectivity index (χ0) is 13.9. The summed E-state index contributed by atoms with van der Waals surface area (Å²) in [5.74, 6) is 0.370. The number of halogens is 3. The number of nitrogens with zero attached hydrogens (tertiary/aromatic N) is 2. The van der Waals surface area contributed by atoms with Crippen LogP contribution in [-0.2, 0) is 12.7 Å². The number of nitrogens with one attached hydrogen (secondary N) is 1. The van der Waals surface area contributed by atoms with Crippen molar-refractivity contribution < 1.29 is 13.2 Å². The second-order valence-corrected chi connectivity index (χ2v) is 3.89. The maximum Gasteiger partial charge on any atom is 0.416 e. The summed E-state index contributed by atoms with van der Waals surface area (Å²) in [5, 5.41) is 2.89. The molecule has 19 heavy (non-hydrogen) atoms. The van der Waals surface area contributed by atoms with Crippen LogP contribution < -0.4 is 11.1 Å². The molecule has 0 fully saturated rings. The van der Waals surface area contributed by atoms with Crippen LogP contribution >= 0.6 is 0 Å². The second-order valence-electron chi connectivity index (χ2n) is 3.89. The van der Waals surface area contributed by atoms with Crippen LogP contribution in [0.15, 0.2) is 36.7 Å². The van der Waals surface area contributed by atoms with Crippen molar-refractivity contribution in [3.63, 3.8) is 0 Å². The molecule has 0 amide bonds. The lowest BCUT2D eigenvalue weighted by Crippen LogP contribution is -2.06. The van der Waals surface area contributed by atoms with Gasteiger partial charge in [0.25, 0.3) is 0 Å². The standard InChI is InChI=1S/C12H11F3N4/c13-12(14,15)9-3-1-8(2-4-9)5-17-11-18-6-10(16)7-19-11/h1-4,6-7H,5,16H2,(H,17,18,19). The van der Waals surface area contributed by atoms with Crippen molar-refractivity contribution in [2.24, 2.45) is 0 Å². The summed E-state index contributed by atoms with van der Waals surface area (Å²) >= 11 is 0. The van der Waals surface area contributed by atoms with Crippen LogP contribution in [0.4, 0.5) is 24.8 Å². The number of anilines is 2. The van der Waals surface area contributed by atoms with E-state index in [9.17, 15) is 13.2 Å². The molecule has 4 nitrogen and oxygen atoms in total. The molecule has 1 aromatic heterocycles. The van der Waals surface area contributed by atoms with Crippen LogP contribution in [0.1, 0.15) is 11.1 Å². The predicted octanol–water partition coefficient (Wildman–Crippen LogP) is 2.69. The van der Waals surface area contributed by atoms with Crippen LogP contribution in [0.5, 0.6) is 0 Å². The van der Waals surface area contributed by atoms with Gasteiger partial charge in [0.05, 0.1) is 23.6 Å². The summed E-state index contributed by atoms with van der Waals surface area (Å²) in [6, 6.07) is 4.90. The van der Waals surface area contributed by atoms with E-state index in [1.54, 1.807) is 0 Å². The highest BCUT2D eigenvalue weighted by molar-refractivity contribution is 5.36. The first-order valence-corrected chi connectivity index (χ1v) is 5.43. The van der Waals surface area contributed by atoms with Crippen LogP contribution in [0.2, 0.25) is 0 Å². The summed E-state index contributed by atoms with van der Waals surface area (Å²) in [7, 11) is 0. The van der Waals surface area contributed by atoms with Gasteiger partial charge in [0, 0.05) is 6.54 Å². The number of alkyl halides is 3. The lowest BCUT2D eigenvalue weighted by Gasteiger charge is -2.08. The van der Waals surface area contributed by atoms with E-state index in [2.05, 4.69) is 15.3 Å². The molecule has 0 spiro atoms. The molecule has 0 atom stereocenters. The van der Waals surface area contributed by atoms with Gasteiger partial charge in [-0.15, -0.1) is 0 Å². The molecule has 2 rings (SSSR count). The van der Waals surface area contributed by atoms with E-state index >= 15 is 0 Å². The number of benzene rings is 1. The fraction of sp³-hybridized carbons (Fsp3) is 0.167. The molecular weight excluding hydrogens is 257 g/mol. The molecule has 0 aliphatic heterocycles. The van der Waals surface area contributed by atoms with Gasteiger partial charge in [-0.05, 0) is 17.7 Å². The van der Waals surface area contributed by atoms with Crippen LogP contribution in [0.3, 0.4) is 0 Å². The molecule has 2 aromatic rings. The molecular formula is C12H11F3N4. The molecule has 0 radical (unpaired) electrons. The lowest BCUT2D eigenvalue weighted by molar-refractivity contribution is -0.137. The van der Waals surface area contributed by atoms with Crippen molar-refractivity contribution in [1.82, 2.24) is 9.97 Å². The molecule has 0 bridgehead atoms. The third kappa shape index (κ3) is 3.57. The van der Waals surface area contributed by atoms with E-state index in [1.165, 1.54) is 24.5 Å². The monoisotopic (exact) mass is 268 g/mol. The Morgan fingerprint density at radius 1 is 1.05 bits per heavy atom. The molecule has 3 N–H and O–H groups in total. The SMILES string of the molecule is Nc1cnc(NCc2ccc(C(F)(F)F)cc2)nc1. The first kappa shape index (κ1) is 13.1. The van der Waals surface area contributed by atoms with Crippen LogP contribution in [0.25, 0.3) is 0 Å². The Kier molecular flexibility index (Phi) is 3.55. The predicted molar refractivity (Wildman–Crippen MR) is 65.2 cm³/mol. The van der Waals surface area contributed by atoms with Gasteiger partial charge in [-0.2, -0.15) is 13.2 Å². The number of hydrogen-bond acceptors (Lipinski definition) is 4. The quantitative estimate of drug-likeness (QED) is 0.898. The number of hydrogen-bond donors (Lipinski definition) is 2. The van der Waals surface area contributed by atoms with Crippen molar-refractivity contribution in [3.8, 4) is 0 Å². The number of nitrogens with two attached hydrogens (primary N) is 1.